The zero-order chi connectivity index (χ0) is 13.4. The molecule has 0 aromatic heterocycles. The van der Waals surface area contributed by atoms with Gasteiger partial charge >= 0.3 is 6.03 Å². The van der Waals surface area contributed by atoms with Gasteiger partial charge in [0.1, 0.15) is 0 Å². The van der Waals surface area contributed by atoms with E-state index in [0.717, 1.165) is 26.2 Å². The first-order valence-electron chi connectivity index (χ1n) is 6.29. The minimum atomic E-state index is -0.443. The van der Waals surface area contributed by atoms with Crippen LogP contribution < -0.4 is 10.6 Å². The van der Waals surface area contributed by atoms with Crippen LogP contribution in [0.15, 0.2) is 0 Å². The van der Waals surface area contributed by atoms with Crippen LogP contribution in [0.5, 0.6) is 0 Å². The van der Waals surface area contributed by atoms with E-state index >= 15 is 0 Å². The zero-order valence-electron chi connectivity index (χ0n) is 10.8. The van der Waals surface area contributed by atoms with Crippen molar-refractivity contribution in [1.82, 2.24) is 20.4 Å². The number of nitrogens with zero attached hydrogens (tertiary/aromatic N) is 2. The summed E-state index contributed by atoms with van der Waals surface area (Å²) in [6.07, 6.45) is 0. The Bertz CT molecular complexity index is 277. The van der Waals surface area contributed by atoms with Crippen molar-refractivity contribution in [3.63, 3.8) is 0 Å². The minimum absolute atomic E-state index is 0.164. The predicted octanol–water partition coefficient (Wildman–Crippen LogP) is -1.56. The maximum atomic E-state index is 11.5. The lowest BCUT2D eigenvalue weighted by Gasteiger charge is -2.33. The highest BCUT2D eigenvalue weighted by Crippen LogP contribution is 2.00. The number of rotatable bonds is 5. The summed E-state index contributed by atoms with van der Waals surface area (Å²) in [5.41, 5.74) is 0. The molecule has 0 aliphatic carbocycles. The number of nitrogens with one attached hydrogen (secondary N) is 2. The van der Waals surface area contributed by atoms with Crippen molar-refractivity contribution in [3.8, 4) is 0 Å². The van der Waals surface area contributed by atoms with Crippen LogP contribution in [0.3, 0.4) is 0 Å². The quantitative estimate of drug-likeness (QED) is 0.555. The summed E-state index contributed by atoms with van der Waals surface area (Å²) in [6.45, 7) is 6.62. The Kier molecular flexibility index (Phi) is 6.63. The van der Waals surface area contributed by atoms with Crippen LogP contribution in [-0.2, 0) is 4.79 Å². The van der Waals surface area contributed by atoms with Crippen molar-refractivity contribution >= 4 is 11.9 Å². The number of hydrogen-bond donors (Lipinski definition) is 3. The lowest BCUT2D eigenvalue weighted by atomic mass is 10.3. The number of hydrogen-bond acceptors (Lipinski definition) is 5. The molecule has 7 nitrogen and oxygen atoms in total. The molecule has 0 radical (unpaired) electrons. The lowest BCUT2D eigenvalue weighted by molar-refractivity contribution is -0.121. The average molecular weight is 258 g/mol. The van der Waals surface area contributed by atoms with Crippen LogP contribution in [0.2, 0.25) is 0 Å². The molecule has 0 aromatic rings. The van der Waals surface area contributed by atoms with Gasteiger partial charge < -0.3 is 10.4 Å². The van der Waals surface area contributed by atoms with Crippen LogP contribution in [-0.4, -0.2) is 79.3 Å². The molecule has 0 aromatic carbocycles. The first-order chi connectivity index (χ1) is 8.65. The van der Waals surface area contributed by atoms with Crippen LogP contribution >= 0.6 is 0 Å². The lowest BCUT2D eigenvalue weighted by Crippen LogP contribution is -2.51. The van der Waals surface area contributed by atoms with Crippen molar-refractivity contribution in [2.24, 2.45) is 0 Å². The molecule has 1 aliphatic heterocycles. The molecule has 3 amide bonds. The van der Waals surface area contributed by atoms with Gasteiger partial charge in [-0.15, -0.1) is 0 Å². The second-order valence-electron chi connectivity index (χ2n) is 4.25. The molecular formula is C11H22N4O3. The van der Waals surface area contributed by atoms with Crippen molar-refractivity contribution in [1.29, 1.82) is 0 Å². The highest BCUT2D eigenvalue weighted by Gasteiger charge is 2.19. The Morgan fingerprint density at radius 1 is 1.17 bits per heavy atom. The van der Waals surface area contributed by atoms with Gasteiger partial charge in [-0.05, 0) is 6.92 Å². The van der Waals surface area contributed by atoms with E-state index in [9.17, 15) is 9.59 Å². The molecule has 0 saturated carbocycles. The molecule has 0 atom stereocenters. The van der Waals surface area contributed by atoms with Crippen molar-refractivity contribution in [2.75, 3.05) is 52.4 Å². The normalized spacial score (nSPS) is 17.4. The predicted molar refractivity (Wildman–Crippen MR) is 67.2 cm³/mol. The number of urea groups is 1. The fraction of sp³-hybridized carbons (Fsp3) is 0.818. The summed E-state index contributed by atoms with van der Waals surface area (Å²) >= 11 is 0. The van der Waals surface area contributed by atoms with E-state index in [-0.39, 0.29) is 19.1 Å². The molecule has 1 saturated heterocycles. The smallest absolute Gasteiger partial charge is 0.321 e. The molecular weight excluding hydrogens is 236 g/mol. The molecule has 1 heterocycles. The molecule has 7 heteroatoms. The fourth-order valence-electron chi connectivity index (χ4n) is 1.89. The molecule has 1 rings (SSSR count). The summed E-state index contributed by atoms with van der Waals surface area (Å²) in [5, 5.41) is 13.6. The maximum absolute atomic E-state index is 11.5. The Labute approximate surface area is 107 Å². The van der Waals surface area contributed by atoms with Crippen LogP contribution in [0.1, 0.15) is 6.92 Å². The number of aliphatic hydroxyl groups is 1. The van der Waals surface area contributed by atoms with Gasteiger partial charge in [0.15, 0.2) is 0 Å². The molecule has 0 spiro atoms. The van der Waals surface area contributed by atoms with Gasteiger partial charge in [0.2, 0.25) is 5.91 Å². The maximum Gasteiger partial charge on any atom is 0.321 e. The summed E-state index contributed by atoms with van der Waals surface area (Å²) in [4.78, 5) is 26.8. The number of imide groups is 1. The molecule has 0 unspecified atom stereocenters. The van der Waals surface area contributed by atoms with Gasteiger partial charge in [0.25, 0.3) is 0 Å². The van der Waals surface area contributed by atoms with Crippen LogP contribution in [0, 0.1) is 0 Å². The number of β-amino-alcohol motifs (C(OH)–C–C–N with tert-alkyl or cyclic N) is 1. The Balaban J connectivity index is 2.20. The van der Waals surface area contributed by atoms with Gasteiger partial charge in [-0.2, -0.15) is 0 Å². The van der Waals surface area contributed by atoms with Gasteiger partial charge in [-0.3, -0.25) is 19.9 Å². The van der Waals surface area contributed by atoms with Crippen molar-refractivity contribution in [3.05, 3.63) is 0 Å². The topological polar surface area (TPSA) is 84.9 Å². The largest absolute Gasteiger partial charge is 0.395 e. The van der Waals surface area contributed by atoms with E-state index in [1.54, 1.807) is 6.92 Å². The van der Waals surface area contributed by atoms with E-state index in [1.807, 2.05) is 4.90 Å². The highest BCUT2D eigenvalue weighted by molar-refractivity contribution is 5.95. The molecule has 1 fully saturated rings. The molecule has 18 heavy (non-hydrogen) atoms. The number of amides is 3. The number of carbonyl (C=O) groups excluding carboxylic acids is 2. The SMILES string of the molecule is CCNC(=O)NC(=O)CN1CCN(CCO)CC1. The second kappa shape index (κ2) is 8.02. The van der Waals surface area contributed by atoms with Gasteiger partial charge in [-0.1, -0.05) is 0 Å². The third-order valence-electron chi connectivity index (χ3n) is 2.84. The monoisotopic (exact) mass is 258 g/mol. The van der Waals surface area contributed by atoms with E-state index in [4.69, 9.17) is 5.11 Å². The summed E-state index contributed by atoms with van der Waals surface area (Å²) in [6, 6.07) is -0.443. The van der Waals surface area contributed by atoms with Gasteiger partial charge in [-0.25, -0.2) is 4.79 Å². The first kappa shape index (κ1) is 14.9. The molecule has 0 bridgehead atoms. The fourth-order valence-corrected chi connectivity index (χ4v) is 1.89. The number of carbonyl (C=O) groups is 2. The minimum Gasteiger partial charge on any atom is -0.395 e. The second-order valence-corrected chi connectivity index (χ2v) is 4.25. The van der Waals surface area contributed by atoms with Crippen molar-refractivity contribution in [2.45, 2.75) is 6.92 Å². The summed E-state index contributed by atoms with van der Waals surface area (Å²) in [7, 11) is 0. The van der Waals surface area contributed by atoms with Crippen molar-refractivity contribution < 1.29 is 14.7 Å². The average Bonchev–Trinajstić information content (AvgIpc) is 2.32. The van der Waals surface area contributed by atoms with E-state index in [0.29, 0.717) is 13.1 Å². The molecule has 3 N–H and O–H groups in total. The zero-order valence-corrected chi connectivity index (χ0v) is 10.8. The Morgan fingerprint density at radius 3 is 2.33 bits per heavy atom. The number of aliphatic hydroxyl groups excluding tert-OH is 1. The molecule has 104 valence electrons. The number of piperazine rings is 1. The third-order valence-corrected chi connectivity index (χ3v) is 2.84. The third kappa shape index (κ3) is 5.44. The standard InChI is InChI=1S/C11H22N4O3/c1-2-12-11(18)13-10(17)9-15-5-3-14(4-6-15)7-8-16/h16H,2-9H2,1H3,(H2,12,13,17,18). The van der Waals surface area contributed by atoms with Crippen LogP contribution in [0.4, 0.5) is 4.79 Å². The van der Waals surface area contributed by atoms with Gasteiger partial charge in [0.05, 0.1) is 13.2 Å². The molecule has 1 aliphatic rings. The van der Waals surface area contributed by atoms with E-state index in [1.165, 1.54) is 0 Å². The Morgan fingerprint density at radius 2 is 1.78 bits per heavy atom. The highest BCUT2D eigenvalue weighted by atomic mass is 16.3. The van der Waals surface area contributed by atoms with Crippen LogP contribution in [0.25, 0.3) is 0 Å². The summed E-state index contributed by atoms with van der Waals surface area (Å²) in [5.74, 6) is -0.281. The summed E-state index contributed by atoms with van der Waals surface area (Å²) < 4.78 is 0. The Hall–Kier alpha value is -1.18. The first-order valence-corrected chi connectivity index (χ1v) is 6.29. The van der Waals surface area contributed by atoms with E-state index < -0.39 is 6.03 Å². The van der Waals surface area contributed by atoms with E-state index in [2.05, 4.69) is 15.5 Å². The van der Waals surface area contributed by atoms with Gasteiger partial charge in [0, 0.05) is 39.3 Å².